The molecule has 2 aromatic carbocycles. The van der Waals surface area contributed by atoms with Crippen LogP contribution in [0.3, 0.4) is 0 Å². The van der Waals surface area contributed by atoms with Gasteiger partial charge in [0, 0.05) is 10.0 Å². The van der Waals surface area contributed by atoms with Crippen LogP contribution < -0.4 is 5.48 Å². The summed E-state index contributed by atoms with van der Waals surface area (Å²) in [5, 5.41) is 1.23. The predicted octanol–water partition coefficient (Wildman–Crippen LogP) is 3.98. The molecule has 0 aliphatic heterocycles. The van der Waals surface area contributed by atoms with Crippen molar-refractivity contribution in [3.63, 3.8) is 0 Å². The van der Waals surface area contributed by atoms with Gasteiger partial charge in [-0.2, -0.15) is 0 Å². The standard InChI is InChI=1S/C16H15Cl2NO2/c1-16(15(20)19-21-2,11-3-7-13(17)8-4-11)12-5-9-14(18)10-6-12/h3-10H,1-2H3,(H,19,20). The number of amides is 1. The Kier molecular flexibility index (Phi) is 4.88. The minimum absolute atomic E-state index is 0.269. The number of rotatable bonds is 4. The first-order chi connectivity index (χ1) is 9.98. The molecule has 2 rings (SSSR count). The highest BCUT2D eigenvalue weighted by molar-refractivity contribution is 6.30. The molecule has 2 aromatic rings. The first-order valence-electron chi connectivity index (χ1n) is 6.34. The first kappa shape index (κ1) is 15.8. The molecule has 0 aliphatic carbocycles. The van der Waals surface area contributed by atoms with Crippen LogP contribution in [0.2, 0.25) is 10.0 Å². The van der Waals surface area contributed by atoms with Crippen molar-refractivity contribution in [1.82, 2.24) is 5.48 Å². The van der Waals surface area contributed by atoms with Gasteiger partial charge in [-0.1, -0.05) is 47.5 Å². The van der Waals surface area contributed by atoms with E-state index in [4.69, 9.17) is 28.0 Å². The quantitative estimate of drug-likeness (QED) is 0.864. The summed E-state index contributed by atoms with van der Waals surface area (Å²) in [5.41, 5.74) is 3.11. The van der Waals surface area contributed by atoms with Crippen molar-refractivity contribution in [2.75, 3.05) is 7.11 Å². The van der Waals surface area contributed by atoms with E-state index >= 15 is 0 Å². The van der Waals surface area contributed by atoms with Gasteiger partial charge >= 0.3 is 0 Å². The van der Waals surface area contributed by atoms with E-state index in [0.717, 1.165) is 11.1 Å². The molecular weight excluding hydrogens is 309 g/mol. The average molecular weight is 324 g/mol. The molecule has 110 valence electrons. The number of benzene rings is 2. The van der Waals surface area contributed by atoms with E-state index in [0.29, 0.717) is 10.0 Å². The molecule has 0 fully saturated rings. The summed E-state index contributed by atoms with van der Waals surface area (Å²) < 4.78 is 0. The molecule has 0 unspecified atom stereocenters. The largest absolute Gasteiger partial charge is 0.277 e. The lowest BCUT2D eigenvalue weighted by molar-refractivity contribution is -0.135. The maximum atomic E-state index is 12.5. The summed E-state index contributed by atoms with van der Waals surface area (Å²) in [6, 6.07) is 14.3. The Morgan fingerprint density at radius 3 is 1.67 bits per heavy atom. The van der Waals surface area contributed by atoms with Crippen LogP contribution in [0.1, 0.15) is 18.1 Å². The van der Waals surface area contributed by atoms with E-state index in [1.54, 1.807) is 24.3 Å². The molecule has 0 aliphatic rings. The first-order valence-corrected chi connectivity index (χ1v) is 7.09. The van der Waals surface area contributed by atoms with Crippen molar-refractivity contribution in [3.8, 4) is 0 Å². The van der Waals surface area contributed by atoms with Crippen molar-refractivity contribution in [1.29, 1.82) is 0 Å². The highest BCUT2D eigenvalue weighted by Gasteiger charge is 2.37. The highest BCUT2D eigenvalue weighted by atomic mass is 35.5. The Morgan fingerprint density at radius 2 is 1.33 bits per heavy atom. The maximum absolute atomic E-state index is 12.5. The average Bonchev–Trinajstić information content (AvgIpc) is 2.48. The van der Waals surface area contributed by atoms with Gasteiger partial charge in [-0.25, -0.2) is 5.48 Å². The van der Waals surface area contributed by atoms with E-state index in [1.165, 1.54) is 7.11 Å². The van der Waals surface area contributed by atoms with Gasteiger partial charge in [-0.15, -0.1) is 0 Å². The number of halogens is 2. The Morgan fingerprint density at radius 1 is 0.952 bits per heavy atom. The number of hydrogen-bond acceptors (Lipinski definition) is 2. The van der Waals surface area contributed by atoms with E-state index in [1.807, 2.05) is 31.2 Å². The summed E-state index contributed by atoms with van der Waals surface area (Å²) in [6.07, 6.45) is 0. The maximum Gasteiger partial charge on any atom is 0.258 e. The molecule has 1 amide bonds. The van der Waals surface area contributed by atoms with Gasteiger partial charge in [0.15, 0.2) is 0 Å². The lowest BCUT2D eigenvalue weighted by atomic mass is 9.75. The van der Waals surface area contributed by atoms with Gasteiger partial charge in [0.05, 0.1) is 12.5 Å². The number of hydrogen-bond donors (Lipinski definition) is 1. The molecule has 5 heteroatoms. The minimum atomic E-state index is -0.912. The topological polar surface area (TPSA) is 38.3 Å². The number of nitrogens with one attached hydrogen (secondary N) is 1. The number of carbonyl (C=O) groups excluding carboxylic acids is 1. The zero-order valence-electron chi connectivity index (χ0n) is 11.7. The molecule has 21 heavy (non-hydrogen) atoms. The second-order valence-corrected chi connectivity index (χ2v) is 5.65. The van der Waals surface area contributed by atoms with Crippen LogP contribution >= 0.6 is 23.2 Å². The van der Waals surface area contributed by atoms with Gasteiger partial charge < -0.3 is 0 Å². The van der Waals surface area contributed by atoms with E-state index < -0.39 is 5.41 Å². The molecular formula is C16H15Cl2NO2. The van der Waals surface area contributed by atoms with Crippen molar-refractivity contribution < 1.29 is 9.63 Å². The Balaban J connectivity index is 2.55. The molecule has 0 aromatic heterocycles. The normalized spacial score (nSPS) is 11.2. The number of hydroxylamine groups is 1. The third-order valence-corrected chi connectivity index (χ3v) is 4.00. The monoisotopic (exact) mass is 323 g/mol. The van der Waals surface area contributed by atoms with Crippen LogP contribution in [0, 0.1) is 0 Å². The molecule has 3 nitrogen and oxygen atoms in total. The summed E-state index contributed by atoms with van der Waals surface area (Å²) in [5.74, 6) is -0.269. The smallest absolute Gasteiger partial charge is 0.258 e. The van der Waals surface area contributed by atoms with Crippen LogP contribution in [0.4, 0.5) is 0 Å². The van der Waals surface area contributed by atoms with Crippen LogP contribution in [0.15, 0.2) is 48.5 Å². The summed E-state index contributed by atoms with van der Waals surface area (Å²) in [4.78, 5) is 17.3. The van der Waals surface area contributed by atoms with E-state index in [2.05, 4.69) is 5.48 Å². The molecule has 0 saturated heterocycles. The van der Waals surface area contributed by atoms with Gasteiger partial charge in [0.2, 0.25) is 0 Å². The molecule has 0 atom stereocenters. The predicted molar refractivity (Wildman–Crippen MR) is 84.5 cm³/mol. The zero-order valence-corrected chi connectivity index (χ0v) is 13.2. The lowest BCUT2D eigenvalue weighted by Crippen LogP contribution is -2.42. The van der Waals surface area contributed by atoms with Crippen LogP contribution in [-0.2, 0) is 15.0 Å². The van der Waals surface area contributed by atoms with Gasteiger partial charge in [-0.3, -0.25) is 9.63 Å². The molecule has 0 bridgehead atoms. The van der Waals surface area contributed by atoms with Crippen molar-refractivity contribution in [3.05, 3.63) is 69.7 Å². The molecule has 0 spiro atoms. The molecule has 0 radical (unpaired) electrons. The zero-order chi connectivity index (χ0) is 15.5. The van der Waals surface area contributed by atoms with E-state index in [9.17, 15) is 4.79 Å². The van der Waals surface area contributed by atoms with Crippen LogP contribution in [0.25, 0.3) is 0 Å². The lowest BCUT2D eigenvalue weighted by Gasteiger charge is -2.29. The SMILES string of the molecule is CONC(=O)C(C)(c1ccc(Cl)cc1)c1ccc(Cl)cc1. The fourth-order valence-electron chi connectivity index (χ4n) is 2.19. The number of carbonyl (C=O) groups is 1. The minimum Gasteiger partial charge on any atom is -0.277 e. The third-order valence-electron chi connectivity index (χ3n) is 3.49. The summed E-state index contributed by atoms with van der Waals surface area (Å²) in [6.45, 7) is 1.83. The fraction of sp³-hybridized carbons (Fsp3) is 0.188. The van der Waals surface area contributed by atoms with Gasteiger partial charge in [0.25, 0.3) is 5.91 Å². The third kappa shape index (κ3) is 3.21. The van der Waals surface area contributed by atoms with Gasteiger partial charge in [-0.05, 0) is 42.3 Å². The van der Waals surface area contributed by atoms with Crippen molar-refractivity contribution in [2.24, 2.45) is 0 Å². The Labute approximate surface area is 133 Å². The molecule has 1 N–H and O–H groups in total. The van der Waals surface area contributed by atoms with Gasteiger partial charge in [0.1, 0.15) is 0 Å². The fourth-order valence-corrected chi connectivity index (χ4v) is 2.44. The second kappa shape index (κ2) is 6.48. The highest BCUT2D eigenvalue weighted by Crippen LogP contribution is 2.33. The van der Waals surface area contributed by atoms with Crippen LogP contribution in [-0.4, -0.2) is 13.0 Å². The summed E-state index contributed by atoms with van der Waals surface area (Å²) >= 11 is 11.9. The second-order valence-electron chi connectivity index (χ2n) is 4.77. The Hall–Kier alpha value is -1.55. The molecule has 0 heterocycles. The van der Waals surface area contributed by atoms with Crippen molar-refractivity contribution in [2.45, 2.75) is 12.3 Å². The van der Waals surface area contributed by atoms with Crippen LogP contribution in [0.5, 0.6) is 0 Å². The summed E-state index contributed by atoms with van der Waals surface area (Å²) in [7, 11) is 1.40. The Bertz CT molecular complexity index is 578. The van der Waals surface area contributed by atoms with E-state index in [-0.39, 0.29) is 5.91 Å². The van der Waals surface area contributed by atoms with Crippen molar-refractivity contribution >= 4 is 29.1 Å². The molecule has 0 saturated carbocycles.